The normalized spacial score (nSPS) is 21.8. The minimum Gasteiger partial charge on any atom is -0.488 e. The number of hydrogen-bond acceptors (Lipinski definition) is 8. The smallest absolute Gasteiger partial charge is 0.153 e. The number of aliphatic hydroxyl groups is 1. The second-order valence-corrected chi connectivity index (χ2v) is 10.8. The fourth-order valence-electron chi connectivity index (χ4n) is 5.21. The third-order valence-electron chi connectivity index (χ3n) is 6.73. The molecular formula is C27H33N7O3. The molecule has 4 aromatic heterocycles. The highest BCUT2D eigenvalue weighted by atomic mass is 16.5. The molecule has 6 rings (SSSR count). The summed E-state index contributed by atoms with van der Waals surface area (Å²) < 4.78 is 15.8. The first kappa shape index (κ1) is 23.9. The first-order valence-corrected chi connectivity index (χ1v) is 12.8. The summed E-state index contributed by atoms with van der Waals surface area (Å²) in [6.07, 6.45) is 9.37. The van der Waals surface area contributed by atoms with Crippen molar-refractivity contribution >= 4 is 17.0 Å². The number of rotatable bonds is 7. The number of nitrogens with zero attached hydrogens (tertiary/aromatic N) is 5. The third kappa shape index (κ3) is 5.46. The molecule has 0 unspecified atom stereocenters. The van der Waals surface area contributed by atoms with Crippen molar-refractivity contribution in [3.05, 3.63) is 54.7 Å². The molecule has 2 bridgehead atoms. The number of anilines is 2. The number of fused-ring (bicyclic) bond motifs is 3. The molecular weight excluding hydrogens is 470 g/mol. The molecule has 0 aromatic carbocycles. The molecule has 10 heteroatoms. The fourth-order valence-corrected chi connectivity index (χ4v) is 5.21. The lowest BCUT2D eigenvalue weighted by Crippen LogP contribution is -2.56. The van der Waals surface area contributed by atoms with Crippen LogP contribution in [0.4, 0.5) is 11.5 Å². The highest BCUT2D eigenvalue weighted by Crippen LogP contribution is 2.34. The Morgan fingerprint density at radius 3 is 2.78 bits per heavy atom. The predicted molar refractivity (Wildman–Crippen MR) is 140 cm³/mol. The lowest BCUT2D eigenvalue weighted by Gasteiger charge is -2.40. The van der Waals surface area contributed by atoms with Crippen LogP contribution in [0, 0.1) is 6.92 Å². The summed E-state index contributed by atoms with van der Waals surface area (Å²) in [5.41, 5.74) is 3.95. The Bertz CT molecular complexity index is 1390. The average molecular weight is 504 g/mol. The molecule has 2 fully saturated rings. The zero-order valence-corrected chi connectivity index (χ0v) is 21.4. The average Bonchev–Trinajstić information content (AvgIpc) is 3.44. The number of piperidine rings is 1. The molecule has 3 atom stereocenters. The number of nitrogens with one attached hydrogen (secondary N) is 2. The molecule has 37 heavy (non-hydrogen) atoms. The Kier molecular flexibility index (Phi) is 6.10. The van der Waals surface area contributed by atoms with Crippen LogP contribution in [0.3, 0.4) is 0 Å². The maximum Gasteiger partial charge on any atom is 0.153 e. The number of morpholine rings is 1. The Balaban J connectivity index is 1.23. The van der Waals surface area contributed by atoms with E-state index in [0.717, 1.165) is 59.8 Å². The Morgan fingerprint density at radius 2 is 2.00 bits per heavy atom. The summed E-state index contributed by atoms with van der Waals surface area (Å²) in [5, 5.41) is 25.9. The molecule has 0 radical (unpaired) electrons. The first-order chi connectivity index (χ1) is 17.8. The molecule has 194 valence electrons. The summed E-state index contributed by atoms with van der Waals surface area (Å²) in [7, 11) is 0. The fraction of sp³-hybridized carbons (Fsp3) is 0.444. The molecule has 6 heterocycles. The molecule has 0 saturated carbocycles. The summed E-state index contributed by atoms with van der Waals surface area (Å²) in [4.78, 5) is 4.52. The van der Waals surface area contributed by atoms with Gasteiger partial charge in [-0.25, -0.2) is 4.52 Å². The number of pyridine rings is 2. The van der Waals surface area contributed by atoms with Gasteiger partial charge in [-0.2, -0.15) is 10.2 Å². The van der Waals surface area contributed by atoms with Gasteiger partial charge in [0, 0.05) is 54.6 Å². The zero-order valence-electron chi connectivity index (χ0n) is 21.4. The number of aromatic nitrogens is 5. The van der Waals surface area contributed by atoms with E-state index in [4.69, 9.17) is 9.47 Å². The van der Waals surface area contributed by atoms with Crippen molar-refractivity contribution in [3.8, 4) is 16.9 Å². The first-order valence-electron chi connectivity index (χ1n) is 12.8. The van der Waals surface area contributed by atoms with E-state index >= 15 is 0 Å². The van der Waals surface area contributed by atoms with E-state index in [-0.39, 0.29) is 6.10 Å². The maximum atomic E-state index is 10.0. The van der Waals surface area contributed by atoms with Crippen LogP contribution in [0.5, 0.6) is 5.75 Å². The van der Waals surface area contributed by atoms with Crippen LogP contribution >= 0.6 is 0 Å². The van der Waals surface area contributed by atoms with Crippen LogP contribution < -0.4 is 15.4 Å². The van der Waals surface area contributed by atoms with Gasteiger partial charge in [-0.1, -0.05) is 0 Å². The number of aryl methyl sites for hydroxylation is 1. The minimum atomic E-state index is -0.835. The van der Waals surface area contributed by atoms with Crippen LogP contribution in [0.2, 0.25) is 0 Å². The van der Waals surface area contributed by atoms with Gasteiger partial charge in [0.2, 0.25) is 0 Å². The molecule has 4 aromatic rings. The van der Waals surface area contributed by atoms with E-state index in [0.29, 0.717) is 24.4 Å². The van der Waals surface area contributed by atoms with Crippen LogP contribution in [-0.4, -0.2) is 66.5 Å². The number of ether oxygens (including phenoxy) is 2. The van der Waals surface area contributed by atoms with Crippen molar-refractivity contribution in [1.29, 1.82) is 0 Å². The molecule has 2 aliphatic rings. The summed E-state index contributed by atoms with van der Waals surface area (Å²) in [6.45, 7) is 7.40. The molecule has 2 aliphatic heterocycles. The molecule has 0 amide bonds. The molecule has 0 aliphatic carbocycles. The van der Waals surface area contributed by atoms with Gasteiger partial charge in [0.15, 0.2) is 5.82 Å². The maximum absolute atomic E-state index is 10.0. The topological polar surface area (TPSA) is 111 Å². The summed E-state index contributed by atoms with van der Waals surface area (Å²) >= 11 is 0. The van der Waals surface area contributed by atoms with Crippen LogP contribution in [0.1, 0.15) is 32.4 Å². The summed E-state index contributed by atoms with van der Waals surface area (Å²) in [6, 6.07) is 8.93. The van der Waals surface area contributed by atoms with Crippen molar-refractivity contribution < 1.29 is 14.6 Å². The lowest BCUT2D eigenvalue weighted by atomic mass is 9.94. The van der Waals surface area contributed by atoms with Crippen LogP contribution in [0.15, 0.2) is 49.1 Å². The monoisotopic (exact) mass is 503 g/mol. The molecule has 0 spiro atoms. The largest absolute Gasteiger partial charge is 0.488 e. The van der Waals surface area contributed by atoms with Gasteiger partial charge in [0.1, 0.15) is 11.9 Å². The van der Waals surface area contributed by atoms with Crippen molar-refractivity contribution in [2.45, 2.75) is 63.9 Å². The van der Waals surface area contributed by atoms with E-state index in [1.54, 1.807) is 24.7 Å². The van der Waals surface area contributed by atoms with E-state index in [2.05, 4.69) is 44.0 Å². The van der Waals surface area contributed by atoms with Crippen LogP contribution in [0.25, 0.3) is 16.6 Å². The second kappa shape index (κ2) is 9.44. The van der Waals surface area contributed by atoms with Crippen molar-refractivity contribution in [3.63, 3.8) is 0 Å². The quantitative estimate of drug-likeness (QED) is 0.352. The molecule has 3 N–H and O–H groups in total. The number of hydrogen-bond donors (Lipinski definition) is 3. The third-order valence-corrected chi connectivity index (χ3v) is 6.73. The lowest BCUT2D eigenvalue weighted by molar-refractivity contribution is -0.0122. The molecule has 10 nitrogen and oxygen atoms in total. The van der Waals surface area contributed by atoms with E-state index in [9.17, 15) is 5.11 Å². The standard InChI is InChI=1S/C27H33N7O3/c1-17-6-24(25(12-28-17)37-23-8-19-14-36-15-20(9-23)30-19)18-4-5-34-22(7-18)10-26(32-34)31-21-11-29-33(13-21)16-27(2,3)35/h4-7,10-13,19-20,23,30,35H,8-9,14-16H2,1-3H3,(H,31,32)/t19-,20+,23-. The van der Waals surface area contributed by atoms with Crippen molar-refractivity contribution in [1.82, 2.24) is 29.7 Å². The SMILES string of the molecule is Cc1cc(-c2ccn3nc(Nc4cnn(CC(C)(C)O)c4)cc3c2)c(O[C@H]2C[C@H]3COC[C@@H](C2)N3)cn1. The highest BCUT2D eigenvalue weighted by molar-refractivity contribution is 5.75. The molecule has 2 saturated heterocycles. The van der Waals surface area contributed by atoms with Crippen LogP contribution in [-0.2, 0) is 11.3 Å². The minimum absolute atomic E-state index is 0.134. The van der Waals surface area contributed by atoms with Gasteiger partial charge in [0.25, 0.3) is 0 Å². The Hall–Kier alpha value is -3.47. The van der Waals surface area contributed by atoms with Gasteiger partial charge < -0.3 is 25.2 Å². The summed E-state index contributed by atoms with van der Waals surface area (Å²) in [5.74, 6) is 1.52. The Morgan fingerprint density at radius 1 is 1.19 bits per heavy atom. The van der Waals surface area contributed by atoms with Gasteiger partial charge in [0.05, 0.1) is 49.0 Å². The second-order valence-electron chi connectivity index (χ2n) is 10.8. The van der Waals surface area contributed by atoms with Gasteiger partial charge in [-0.05, 0) is 44.5 Å². The van der Waals surface area contributed by atoms with E-state index < -0.39 is 5.60 Å². The predicted octanol–water partition coefficient (Wildman–Crippen LogP) is 3.31. The van der Waals surface area contributed by atoms with Gasteiger partial charge >= 0.3 is 0 Å². The zero-order chi connectivity index (χ0) is 25.6. The Labute approximate surface area is 215 Å². The highest BCUT2D eigenvalue weighted by Gasteiger charge is 2.33. The van der Waals surface area contributed by atoms with Gasteiger partial charge in [-0.3, -0.25) is 9.67 Å². The van der Waals surface area contributed by atoms with Crippen molar-refractivity contribution in [2.75, 3.05) is 18.5 Å². The van der Waals surface area contributed by atoms with E-state index in [1.807, 2.05) is 36.1 Å². The van der Waals surface area contributed by atoms with Crippen molar-refractivity contribution in [2.24, 2.45) is 0 Å². The van der Waals surface area contributed by atoms with E-state index in [1.165, 1.54) is 0 Å². The van der Waals surface area contributed by atoms with Gasteiger partial charge in [-0.15, -0.1) is 0 Å².